The van der Waals surface area contributed by atoms with Crippen LogP contribution in [0.15, 0.2) is 64.4 Å². The lowest BCUT2D eigenvalue weighted by Crippen LogP contribution is -2.34. The van der Waals surface area contributed by atoms with Crippen molar-refractivity contribution in [2.45, 2.75) is 13.5 Å². The number of nitrogens with zero attached hydrogens (tertiary/aromatic N) is 2. The highest BCUT2D eigenvalue weighted by atomic mass is 32.1. The van der Waals surface area contributed by atoms with E-state index in [1.807, 2.05) is 31.2 Å². The molecule has 0 aliphatic heterocycles. The molecule has 4 rings (SSSR count). The fraction of sp³-hybridized carbons (Fsp3) is 0.174. The van der Waals surface area contributed by atoms with Gasteiger partial charge in [-0.05, 0) is 54.3 Å². The number of aromatic nitrogens is 1. The van der Waals surface area contributed by atoms with E-state index in [0.29, 0.717) is 27.8 Å². The number of hydrogen-bond donors (Lipinski definition) is 0. The molecule has 4 aromatic rings. The Morgan fingerprint density at radius 2 is 1.97 bits per heavy atom. The van der Waals surface area contributed by atoms with E-state index < -0.39 is 12.1 Å². The maximum atomic E-state index is 12.3. The average Bonchev–Trinajstić information content (AvgIpc) is 3.48. The smallest absolute Gasteiger partial charge is 0.416 e. The Bertz CT molecular complexity index is 1200. The van der Waals surface area contributed by atoms with Crippen LogP contribution >= 0.6 is 11.3 Å². The van der Waals surface area contributed by atoms with E-state index in [2.05, 4.69) is 4.98 Å². The van der Waals surface area contributed by atoms with Gasteiger partial charge in [0.25, 0.3) is 0 Å². The van der Waals surface area contributed by atoms with Crippen LogP contribution in [0, 0.1) is 6.92 Å². The molecule has 1 amide bonds. The standard InChI is InChI=1S/C23H20N2O6S/c1-15-12-16(29-13-21-24-17-6-3-4-7-19(17)31-21)9-10-18(15)25(23(27)28-2)14-30-22(26)20-8-5-11-32-20/h3-12H,13-14H2,1-2H3. The fourth-order valence-corrected chi connectivity index (χ4v) is 3.68. The van der Waals surface area contributed by atoms with Crippen LogP contribution in [-0.4, -0.2) is 30.9 Å². The van der Waals surface area contributed by atoms with Gasteiger partial charge in [0.1, 0.15) is 16.1 Å². The lowest BCUT2D eigenvalue weighted by Gasteiger charge is -2.23. The first-order valence-corrected chi connectivity index (χ1v) is 10.6. The van der Waals surface area contributed by atoms with Gasteiger partial charge in [-0.2, -0.15) is 0 Å². The number of thiophene rings is 1. The second kappa shape index (κ2) is 9.52. The number of esters is 1. The Balaban J connectivity index is 1.45. The summed E-state index contributed by atoms with van der Waals surface area (Å²) < 4.78 is 21.6. The molecule has 2 heterocycles. The molecule has 0 bridgehead atoms. The van der Waals surface area contributed by atoms with Gasteiger partial charge in [0, 0.05) is 0 Å². The van der Waals surface area contributed by atoms with Crippen molar-refractivity contribution in [3.05, 3.63) is 76.3 Å². The molecule has 0 N–H and O–H groups in total. The van der Waals surface area contributed by atoms with E-state index in [4.69, 9.17) is 18.6 Å². The molecule has 0 aliphatic carbocycles. The monoisotopic (exact) mass is 452 g/mol. The first-order valence-electron chi connectivity index (χ1n) is 9.69. The number of oxazole rings is 1. The van der Waals surface area contributed by atoms with E-state index in [0.717, 1.165) is 11.1 Å². The first-order chi connectivity index (χ1) is 15.5. The number of hydrogen-bond acceptors (Lipinski definition) is 8. The largest absolute Gasteiger partial charge is 0.484 e. The molecule has 2 aromatic carbocycles. The predicted octanol–water partition coefficient (Wildman–Crippen LogP) is 5.16. The highest BCUT2D eigenvalue weighted by Crippen LogP contribution is 2.27. The Morgan fingerprint density at radius 3 is 2.69 bits per heavy atom. The summed E-state index contributed by atoms with van der Waals surface area (Å²) >= 11 is 1.26. The minimum Gasteiger partial charge on any atom is -0.484 e. The van der Waals surface area contributed by atoms with Gasteiger partial charge in [-0.15, -0.1) is 11.3 Å². The number of carbonyl (C=O) groups is 2. The van der Waals surface area contributed by atoms with E-state index >= 15 is 0 Å². The maximum Gasteiger partial charge on any atom is 0.416 e. The summed E-state index contributed by atoms with van der Waals surface area (Å²) in [6, 6.07) is 16.1. The number of fused-ring (bicyclic) bond motifs is 1. The van der Waals surface area contributed by atoms with E-state index in [1.54, 1.807) is 35.7 Å². The van der Waals surface area contributed by atoms with Crippen molar-refractivity contribution in [1.29, 1.82) is 0 Å². The van der Waals surface area contributed by atoms with E-state index in [-0.39, 0.29) is 13.3 Å². The summed E-state index contributed by atoms with van der Waals surface area (Å²) in [6.07, 6.45) is -0.646. The molecule has 164 valence electrons. The molecule has 9 heteroatoms. The normalized spacial score (nSPS) is 10.7. The van der Waals surface area contributed by atoms with Crippen LogP contribution in [0.5, 0.6) is 5.75 Å². The molecule has 0 radical (unpaired) electrons. The number of anilines is 1. The highest BCUT2D eigenvalue weighted by Gasteiger charge is 2.21. The highest BCUT2D eigenvalue weighted by molar-refractivity contribution is 7.11. The number of amides is 1. The summed E-state index contributed by atoms with van der Waals surface area (Å²) in [6.45, 7) is 1.69. The number of benzene rings is 2. The lowest BCUT2D eigenvalue weighted by molar-refractivity contribution is 0.0508. The van der Waals surface area contributed by atoms with Crippen LogP contribution in [0.3, 0.4) is 0 Å². The Labute approximate surface area is 187 Å². The maximum absolute atomic E-state index is 12.3. The van der Waals surface area contributed by atoms with Crippen molar-refractivity contribution in [3.8, 4) is 5.75 Å². The topological polar surface area (TPSA) is 91.1 Å². The second-order valence-corrected chi connectivity index (χ2v) is 7.70. The minimum absolute atomic E-state index is 0.159. The molecule has 0 aliphatic rings. The average molecular weight is 452 g/mol. The molecule has 8 nitrogen and oxygen atoms in total. The Kier molecular flexibility index (Phi) is 6.37. The molecule has 2 aromatic heterocycles. The first kappa shape index (κ1) is 21.4. The Hall–Kier alpha value is -3.85. The van der Waals surface area contributed by atoms with Gasteiger partial charge >= 0.3 is 12.1 Å². The van der Waals surface area contributed by atoms with Crippen LogP contribution in [0.1, 0.15) is 21.1 Å². The molecule has 0 fully saturated rings. The molecular formula is C23H20N2O6S. The van der Waals surface area contributed by atoms with Gasteiger partial charge in [-0.1, -0.05) is 18.2 Å². The van der Waals surface area contributed by atoms with Crippen LogP contribution in [0.4, 0.5) is 10.5 Å². The van der Waals surface area contributed by atoms with Gasteiger partial charge < -0.3 is 18.6 Å². The van der Waals surface area contributed by atoms with Crippen molar-refractivity contribution in [1.82, 2.24) is 4.98 Å². The van der Waals surface area contributed by atoms with Gasteiger partial charge in [0.2, 0.25) is 5.89 Å². The van der Waals surface area contributed by atoms with E-state index in [1.165, 1.54) is 23.3 Å². The zero-order valence-corrected chi connectivity index (χ0v) is 18.3. The zero-order chi connectivity index (χ0) is 22.5. The third kappa shape index (κ3) is 4.73. The molecular weight excluding hydrogens is 432 g/mol. The summed E-state index contributed by atoms with van der Waals surface area (Å²) in [5, 5.41) is 1.78. The van der Waals surface area contributed by atoms with Gasteiger partial charge in [0.15, 0.2) is 18.9 Å². The molecule has 0 unspecified atom stereocenters. The Morgan fingerprint density at radius 1 is 1.12 bits per heavy atom. The molecule has 0 atom stereocenters. The van der Waals surface area contributed by atoms with Crippen molar-refractivity contribution in [2.75, 3.05) is 18.7 Å². The number of rotatable bonds is 7. The van der Waals surface area contributed by atoms with Crippen LogP contribution in [0.25, 0.3) is 11.1 Å². The number of ether oxygens (including phenoxy) is 3. The van der Waals surface area contributed by atoms with Crippen LogP contribution in [-0.2, 0) is 16.1 Å². The lowest BCUT2D eigenvalue weighted by atomic mass is 10.2. The molecule has 0 spiro atoms. The summed E-state index contributed by atoms with van der Waals surface area (Å²) in [7, 11) is 1.27. The third-order valence-electron chi connectivity index (χ3n) is 4.60. The zero-order valence-electron chi connectivity index (χ0n) is 17.4. The van der Waals surface area contributed by atoms with Gasteiger partial charge in [-0.3, -0.25) is 0 Å². The summed E-state index contributed by atoms with van der Waals surface area (Å²) in [5.41, 5.74) is 2.73. The number of aryl methyl sites for hydroxylation is 1. The number of para-hydroxylation sites is 2. The van der Waals surface area contributed by atoms with Crippen LogP contribution < -0.4 is 9.64 Å². The molecule has 0 saturated carbocycles. The minimum atomic E-state index is -0.646. The third-order valence-corrected chi connectivity index (χ3v) is 5.45. The van der Waals surface area contributed by atoms with Crippen molar-refractivity contribution in [3.63, 3.8) is 0 Å². The van der Waals surface area contributed by atoms with Crippen molar-refractivity contribution >= 4 is 40.2 Å². The van der Waals surface area contributed by atoms with Gasteiger partial charge in [0.05, 0.1) is 12.8 Å². The summed E-state index contributed by atoms with van der Waals surface area (Å²) in [5.74, 6) is 0.531. The van der Waals surface area contributed by atoms with Crippen molar-refractivity contribution < 1.29 is 28.2 Å². The van der Waals surface area contributed by atoms with Crippen LogP contribution in [0.2, 0.25) is 0 Å². The van der Waals surface area contributed by atoms with Crippen molar-refractivity contribution in [2.24, 2.45) is 0 Å². The summed E-state index contributed by atoms with van der Waals surface area (Å²) in [4.78, 5) is 30.5. The SMILES string of the molecule is COC(=O)N(COC(=O)c1cccs1)c1ccc(OCc2nc3ccccc3o2)cc1C. The predicted molar refractivity (Wildman–Crippen MR) is 119 cm³/mol. The van der Waals surface area contributed by atoms with E-state index in [9.17, 15) is 9.59 Å². The fourth-order valence-electron chi connectivity index (χ4n) is 3.07. The van der Waals surface area contributed by atoms with Gasteiger partial charge in [-0.25, -0.2) is 19.5 Å². The second-order valence-electron chi connectivity index (χ2n) is 6.75. The number of carbonyl (C=O) groups excluding carboxylic acids is 2. The number of methoxy groups -OCH3 is 1. The molecule has 0 saturated heterocycles. The molecule has 32 heavy (non-hydrogen) atoms. The quantitative estimate of drug-likeness (QED) is 0.282.